The number of hydrogen-bond acceptors (Lipinski definition) is 4. The van der Waals surface area contributed by atoms with E-state index in [1.165, 1.54) is 4.90 Å². The van der Waals surface area contributed by atoms with Crippen molar-refractivity contribution in [2.24, 2.45) is 11.7 Å². The molecule has 0 atom stereocenters. The predicted molar refractivity (Wildman–Crippen MR) is 106 cm³/mol. The molecular formula is C21H25N3O3. The Bertz CT molecular complexity index is 812. The first-order chi connectivity index (χ1) is 13.0. The number of rotatable bonds is 5. The van der Waals surface area contributed by atoms with Gasteiger partial charge in [-0.15, -0.1) is 0 Å². The van der Waals surface area contributed by atoms with Gasteiger partial charge in [-0.1, -0.05) is 12.1 Å². The van der Waals surface area contributed by atoms with Gasteiger partial charge in [-0.05, 0) is 69.4 Å². The van der Waals surface area contributed by atoms with Crippen LogP contribution < -0.4 is 15.4 Å². The smallest absolute Gasteiger partial charge is 0.323 e. The van der Waals surface area contributed by atoms with Crippen LogP contribution in [0.2, 0.25) is 0 Å². The standard InChI is InChI=1S/C21H25N3O3/c1-23-12-10-15(11-13-23)20(25)16-4-3-5-18(14-16)24(21(22)26)17-6-8-19(27-2)9-7-17/h3-9,14-15H,10-13H2,1-2H3,(H2,22,26). The van der Waals surface area contributed by atoms with Crippen molar-refractivity contribution in [2.75, 3.05) is 32.1 Å². The van der Waals surface area contributed by atoms with Crippen LogP contribution in [0.25, 0.3) is 0 Å². The molecule has 0 aliphatic carbocycles. The zero-order valence-corrected chi connectivity index (χ0v) is 15.7. The van der Waals surface area contributed by atoms with E-state index in [1.54, 1.807) is 55.6 Å². The van der Waals surface area contributed by atoms with E-state index in [0.29, 0.717) is 22.7 Å². The third-order valence-corrected chi connectivity index (χ3v) is 5.03. The molecule has 1 saturated heterocycles. The number of Topliss-reactive ketones (excluding diaryl/α,β-unsaturated/α-hetero) is 1. The number of methoxy groups -OCH3 is 1. The normalized spacial score (nSPS) is 15.3. The number of carbonyl (C=O) groups excluding carboxylic acids is 2. The van der Waals surface area contributed by atoms with Crippen LogP contribution in [0, 0.1) is 5.92 Å². The molecule has 6 heteroatoms. The Morgan fingerprint density at radius 2 is 1.74 bits per heavy atom. The average Bonchev–Trinajstić information content (AvgIpc) is 2.69. The lowest BCUT2D eigenvalue weighted by atomic mass is 9.89. The molecule has 2 aromatic carbocycles. The summed E-state index contributed by atoms with van der Waals surface area (Å²) in [4.78, 5) is 28.6. The molecule has 2 amide bonds. The van der Waals surface area contributed by atoms with Gasteiger partial charge in [0.1, 0.15) is 5.75 Å². The molecule has 3 rings (SSSR count). The summed E-state index contributed by atoms with van der Waals surface area (Å²) in [6.07, 6.45) is 1.72. The Balaban J connectivity index is 1.87. The minimum absolute atomic E-state index is 0.0273. The van der Waals surface area contributed by atoms with Gasteiger partial charge in [0, 0.05) is 11.5 Å². The highest BCUT2D eigenvalue weighted by atomic mass is 16.5. The zero-order valence-electron chi connectivity index (χ0n) is 15.7. The quantitative estimate of drug-likeness (QED) is 0.822. The molecule has 142 valence electrons. The van der Waals surface area contributed by atoms with Crippen molar-refractivity contribution in [3.8, 4) is 5.75 Å². The fourth-order valence-corrected chi connectivity index (χ4v) is 3.44. The van der Waals surface area contributed by atoms with Gasteiger partial charge in [0.15, 0.2) is 5.78 Å². The Labute approximate surface area is 159 Å². The highest BCUT2D eigenvalue weighted by Gasteiger charge is 2.25. The van der Waals surface area contributed by atoms with Crippen molar-refractivity contribution >= 4 is 23.2 Å². The third-order valence-electron chi connectivity index (χ3n) is 5.03. The molecule has 1 aliphatic rings. The number of nitrogens with two attached hydrogens (primary N) is 1. The van der Waals surface area contributed by atoms with E-state index >= 15 is 0 Å². The van der Waals surface area contributed by atoms with Gasteiger partial charge in [-0.25, -0.2) is 4.79 Å². The summed E-state index contributed by atoms with van der Waals surface area (Å²) in [5, 5.41) is 0. The lowest BCUT2D eigenvalue weighted by Gasteiger charge is -2.28. The number of benzene rings is 2. The lowest BCUT2D eigenvalue weighted by molar-refractivity contribution is 0.0857. The molecule has 2 N–H and O–H groups in total. The molecule has 6 nitrogen and oxygen atoms in total. The second-order valence-electron chi connectivity index (χ2n) is 6.86. The Hall–Kier alpha value is -2.86. The fraction of sp³-hybridized carbons (Fsp3) is 0.333. The SMILES string of the molecule is COc1ccc(N(C(N)=O)c2cccc(C(=O)C3CCN(C)CC3)c2)cc1. The molecule has 0 radical (unpaired) electrons. The van der Waals surface area contributed by atoms with E-state index in [4.69, 9.17) is 10.5 Å². The second kappa shape index (κ2) is 8.22. The third kappa shape index (κ3) is 4.28. The topological polar surface area (TPSA) is 75.9 Å². The molecule has 0 unspecified atom stereocenters. The summed E-state index contributed by atoms with van der Waals surface area (Å²) in [7, 11) is 3.65. The fourth-order valence-electron chi connectivity index (χ4n) is 3.44. The van der Waals surface area contributed by atoms with Gasteiger partial charge in [0.2, 0.25) is 0 Å². The van der Waals surface area contributed by atoms with Crippen molar-refractivity contribution < 1.29 is 14.3 Å². The first-order valence-electron chi connectivity index (χ1n) is 9.06. The van der Waals surface area contributed by atoms with Crippen LogP contribution in [0.5, 0.6) is 5.75 Å². The van der Waals surface area contributed by atoms with Crippen LogP contribution in [0.1, 0.15) is 23.2 Å². The van der Waals surface area contributed by atoms with Crippen molar-refractivity contribution in [1.82, 2.24) is 4.90 Å². The van der Waals surface area contributed by atoms with Crippen molar-refractivity contribution in [3.63, 3.8) is 0 Å². The number of hydrogen-bond donors (Lipinski definition) is 1. The van der Waals surface area contributed by atoms with E-state index in [9.17, 15) is 9.59 Å². The maximum Gasteiger partial charge on any atom is 0.323 e. The van der Waals surface area contributed by atoms with Crippen molar-refractivity contribution in [3.05, 3.63) is 54.1 Å². The van der Waals surface area contributed by atoms with Gasteiger partial charge >= 0.3 is 6.03 Å². The van der Waals surface area contributed by atoms with Gasteiger partial charge in [0.25, 0.3) is 0 Å². The molecule has 0 bridgehead atoms. The minimum Gasteiger partial charge on any atom is -0.497 e. The van der Waals surface area contributed by atoms with Crippen LogP contribution in [-0.2, 0) is 0 Å². The van der Waals surface area contributed by atoms with Crippen LogP contribution in [0.4, 0.5) is 16.2 Å². The lowest BCUT2D eigenvalue weighted by Crippen LogP contribution is -2.34. The molecule has 0 spiro atoms. The Kier molecular flexibility index (Phi) is 5.76. The summed E-state index contributed by atoms with van der Waals surface area (Å²) in [5.74, 6) is 0.845. The largest absolute Gasteiger partial charge is 0.497 e. The number of primary amides is 1. The van der Waals surface area contributed by atoms with Crippen LogP contribution in [0.15, 0.2) is 48.5 Å². The predicted octanol–water partition coefficient (Wildman–Crippen LogP) is 3.44. The van der Waals surface area contributed by atoms with Gasteiger partial charge < -0.3 is 15.4 Å². The first-order valence-corrected chi connectivity index (χ1v) is 9.06. The van der Waals surface area contributed by atoms with E-state index in [-0.39, 0.29) is 11.7 Å². The van der Waals surface area contributed by atoms with Gasteiger partial charge in [0.05, 0.1) is 18.5 Å². The summed E-state index contributed by atoms with van der Waals surface area (Å²) in [6, 6.07) is 13.6. The highest BCUT2D eigenvalue weighted by Crippen LogP contribution is 2.29. The number of ether oxygens (including phenoxy) is 1. The Morgan fingerprint density at radius 3 is 2.33 bits per heavy atom. The van der Waals surface area contributed by atoms with Crippen molar-refractivity contribution in [1.29, 1.82) is 0 Å². The van der Waals surface area contributed by atoms with E-state index in [2.05, 4.69) is 11.9 Å². The van der Waals surface area contributed by atoms with Crippen LogP contribution >= 0.6 is 0 Å². The van der Waals surface area contributed by atoms with E-state index in [1.807, 2.05) is 0 Å². The van der Waals surface area contributed by atoms with Crippen LogP contribution in [0.3, 0.4) is 0 Å². The maximum absolute atomic E-state index is 12.9. The molecule has 1 fully saturated rings. The molecule has 1 heterocycles. The average molecular weight is 367 g/mol. The van der Waals surface area contributed by atoms with E-state index < -0.39 is 6.03 Å². The number of amides is 2. The summed E-state index contributed by atoms with van der Waals surface area (Å²) in [6.45, 7) is 1.85. The number of piperidine rings is 1. The summed E-state index contributed by atoms with van der Waals surface area (Å²) >= 11 is 0. The number of urea groups is 1. The summed E-state index contributed by atoms with van der Waals surface area (Å²) < 4.78 is 5.16. The van der Waals surface area contributed by atoms with E-state index in [0.717, 1.165) is 25.9 Å². The number of anilines is 2. The van der Waals surface area contributed by atoms with Crippen LogP contribution in [-0.4, -0.2) is 44.0 Å². The van der Waals surface area contributed by atoms with Crippen molar-refractivity contribution in [2.45, 2.75) is 12.8 Å². The molecule has 1 aliphatic heterocycles. The van der Waals surface area contributed by atoms with Gasteiger partial charge in [-0.2, -0.15) is 0 Å². The molecule has 0 saturated carbocycles. The zero-order chi connectivity index (χ0) is 19.4. The van der Waals surface area contributed by atoms with Gasteiger partial charge in [-0.3, -0.25) is 9.69 Å². The number of carbonyl (C=O) groups is 2. The highest BCUT2D eigenvalue weighted by molar-refractivity contribution is 6.02. The Morgan fingerprint density at radius 1 is 1.07 bits per heavy atom. The number of likely N-dealkylation sites (tertiary alicyclic amines) is 1. The molecule has 27 heavy (non-hydrogen) atoms. The number of nitrogens with zero attached hydrogens (tertiary/aromatic N) is 2. The minimum atomic E-state index is -0.607. The maximum atomic E-state index is 12.9. The second-order valence-corrected chi connectivity index (χ2v) is 6.86. The molecule has 2 aromatic rings. The monoisotopic (exact) mass is 367 g/mol. The first kappa shape index (κ1) is 18.9. The molecule has 0 aromatic heterocycles. The number of ketones is 1. The summed E-state index contributed by atoms with van der Waals surface area (Å²) in [5.41, 5.74) is 7.43. The molecular weight excluding hydrogens is 342 g/mol.